The molecule has 1 amide bonds. The molecule has 9 heteroatoms. The molecule has 4 rings (SSSR count). The molecule has 0 unspecified atom stereocenters. The molecular formula is C23H24Cl4N4O. The molecular weight excluding hydrogens is 490 g/mol. The van der Waals surface area contributed by atoms with Crippen molar-refractivity contribution in [3.8, 4) is 16.9 Å². The molecule has 5 nitrogen and oxygen atoms in total. The van der Waals surface area contributed by atoms with Gasteiger partial charge in [-0.3, -0.25) is 10.2 Å². The summed E-state index contributed by atoms with van der Waals surface area (Å²) in [5, 5.41) is 8.45. The molecule has 1 aliphatic heterocycles. The van der Waals surface area contributed by atoms with E-state index in [0.717, 1.165) is 42.8 Å². The van der Waals surface area contributed by atoms with Crippen LogP contribution in [-0.4, -0.2) is 33.8 Å². The lowest BCUT2D eigenvalue weighted by Crippen LogP contribution is -2.45. The number of carbonyl (C=O) groups is 1. The number of nitrogens with zero attached hydrogens (tertiary/aromatic N) is 3. The first-order chi connectivity index (χ1) is 14.9. The van der Waals surface area contributed by atoms with Crippen LogP contribution in [0.3, 0.4) is 0 Å². The molecule has 2 heterocycles. The van der Waals surface area contributed by atoms with Gasteiger partial charge in [-0.25, -0.2) is 9.69 Å². The largest absolute Gasteiger partial charge is 0.289 e. The lowest BCUT2D eigenvalue weighted by molar-refractivity contribution is -0.125. The molecule has 0 saturated carbocycles. The Morgan fingerprint density at radius 1 is 1.00 bits per heavy atom. The minimum absolute atomic E-state index is 0. The Balaban J connectivity index is 0.00000289. The van der Waals surface area contributed by atoms with Gasteiger partial charge >= 0.3 is 0 Å². The molecule has 0 atom stereocenters. The standard InChI is InChI=1S/C23H23Cl3N4O.ClH/c1-15-20(14-22(31)28-29-11-3-2-4-12-29)27-30(21-10-9-18(25)13-19(21)26)23(15)16-5-7-17(24)8-6-16;/h5-10,13H,2-4,11-12,14H2,1H3,(H,28,31);1H. The van der Waals surface area contributed by atoms with Crippen molar-refractivity contribution in [3.63, 3.8) is 0 Å². The maximum absolute atomic E-state index is 12.7. The quantitative estimate of drug-likeness (QED) is 0.436. The highest BCUT2D eigenvalue weighted by Crippen LogP contribution is 2.33. The minimum atomic E-state index is -0.0699. The van der Waals surface area contributed by atoms with Crippen molar-refractivity contribution >= 4 is 53.1 Å². The summed E-state index contributed by atoms with van der Waals surface area (Å²) < 4.78 is 1.78. The fourth-order valence-corrected chi connectivity index (χ4v) is 4.47. The zero-order chi connectivity index (χ0) is 22.0. The first-order valence-corrected chi connectivity index (χ1v) is 11.4. The van der Waals surface area contributed by atoms with E-state index in [1.54, 1.807) is 16.8 Å². The second-order valence-electron chi connectivity index (χ2n) is 7.69. The minimum Gasteiger partial charge on any atom is -0.289 e. The zero-order valence-corrected chi connectivity index (χ0v) is 20.7. The second-order valence-corrected chi connectivity index (χ2v) is 8.97. The van der Waals surface area contributed by atoms with Gasteiger partial charge in [0.15, 0.2) is 0 Å². The lowest BCUT2D eigenvalue weighted by atomic mass is 10.1. The third kappa shape index (κ3) is 5.59. The Kier molecular flexibility index (Phi) is 8.48. The number of amides is 1. The van der Waals surface area contributed by atoms with Crippen LogP contribution in [0.25, 0.3) is 16.9 Å². The summed E-state index contributed by atoms with van der Waals surface area (Å²) in [5.74, 6) is -0.0699. The summed E-state index contributed by atoms with van der Waals surface area (Å²) >= 11 is 18.7. The van der Waals surface area contributed by atoms with Gasteiger partial charge in [-0.1, -0.05) is 53.4 Å². The topological polar surface area (TPSA) is 50.2 Å². The predicted octanol–water partition coefficient (Wildman–Crippen LogP) is 6.29. The number of hydrogen-bond acceptors (Lipinski definition) is 3. The molecule has 0 bridgehead atoms. The van der Waals surface area contributed by atoms with Gasteiger partial charge in [0, 0.05) is 28.7 Å². The van der Waals surface area contributed by atoms with E-state index in [9.17, 15) is 4.79 Å². The van der Waals surface area contributed by atoms with Gasteiger partial charge in [0.2, 0.25) is 5.91 Å². The number of carbonyl (C=O) groups excluding carboxylic acids is 1. The number of hydrazine groups is 1. The van der Waals surface area contributed by atoms with Gasteiger partial charge in [-0.05, 0) is 55.7 Å². The fourth-order valence-electron chi connectivity index (χ4n) is 3.86. The summed E-state index contributed by atoms with van der Waals surface area (Å²) in [6.07, 6.45) is 3.59. The van der Waals surface area contributed by atoms with Gasteiger partial charge in [0.05, 0.1) is 28.5 Å². The van der Waals surface area contributed by atoms with Crippen LogP contribution in [0.2, 0.25) is 15.1 Å². The molecule has 1 fully saturated rings. The Hall–Kier alpha value is -1.76. The number of rotatable bonds is 5. The summed E-state index contributed by atoms with van der Waals surface area (Å²) in [7, 11) is 0. The molecule has 1 N–H and O–H groups in total. The summed E-state index contributed by atoms with van der Waals surface area (Å²) in [6.45, 7) is 3.74. The molecule has 170 valence electrons. The molecule has 0 spiro atoms. The Morgan fingerprint density at radius 3 is 2.31 bits per heavy atom. The normalized spacial score (nSPS) is 14.1. The number of benzene rings is 2. The van der Waals surface area contributed by atoms with E-state index < -0.39 is 0 Å². The molecule has 2 aromatic carbocycles. The highest BCUT2D eigenvalue weighted by molar-refractivity contribution is 6.35. The Morgan fingerprint density at radius 2 is 1.66 bits per heavy atom. The van der Waals surface area contributed by atoms with E-state index in [-0.39, 0.29) is 24.7 Å². The molecule has 1 aliphatic rings. The number of nitrogens with one attached hydrogen (secondary N) is 1. The van der Waals surface area contributed by atoms with Crippen LogP contribution in [0, 0.1) is 6.92 Å². The van der Waals surface area contributed by atoms with Crippen molar-refractivity contribution in [1.29, 1.82) is 0 Å². The number of piperidine rings is 1. The van der Waals surface area contributed by atoms with Crippen LogP contribution in [-0.2, 0) is 11.2 Å². The average molecular weight is 514 g/mol. The van der Waals surface area contributed by atoms with Gasteiger partial charge in [-0.15, -0.1) is 12.4 Å². The third-order valence-corrected chi connectivity index (χ3v) is 6.23. The van der Waals surface area contributed by atoms with Crippen molar-refractivity contribution in [1.82, 2.24) is 20.2 Å². The van der Waals surface area contributed by atoms with Crippen LogP contribution in [0.4, 0.5) is 0 Å². The first-order valence-electron chi connectivity index (χ1n) is 10.3. The van der Waals surface area contributed by atoms with E-state index in [2.05, 4.69) is 5.43 Å². The van der Waals surface area contributed by atoms with Crippen molar-refractivity contribution < 1.29 is 4.79 Å². The molecule has 32 heavy (non-hydrogen) atoms. The predicted molar refractivity (Wildman–Crippen MR) is 133 cm³/mol. The van der Waals surface area contributed by atoms with Gasteiger partial charge in [0.25, 0.3) is 0 Å². The van der Waals surface area contributed by atoms with E-state index in [0.29, 0.717) is 26.4 Å². The molecule has 0 radical (unpaired) electrons. The zero-order valence-electron chi connectivity index (χ0n) is 17.6. The molecule has 1 saturated heterocycles. The van der Waals surface area contributed by atoms with Gasteiger partial charge in [-0.2, -0.15) is 5.10 Å². The van der Waals surface area contributed by atoms with Crippen LogP contribution in [0.5, 0.6) is 0 Å². The lowest BCUT2D eigenvalue weighted by Gasteiger charge is -2.26. The summed E-state index contributed by atoms with van der Waals surface area (Å²) in [6, 6.07) is 12.8. The summed E-state index contributed by atoms with van der Waals surface area (Å²) in [4.78, 5) is 12.7. The van der Waals surface area contributed by atoms with Gasteiger partial charge < -0.3 is 0 Å². The van der Waals surface area contributed by atoms with Crippen LogP contribution in [0.1, 0.15) is 30.5 Å². The summed E-state index contributed by atoms with van der Waals surface area (Å²) in [5.41, 5.74) is 7.12. The molecule has 0 aliphatic carbocycles. The maximum atomic E-state index is 12.7. The SMILES string of the molecule is Cc1c(CC(=O)NN2CCCCC2)nn(-c2ccc(Cl)cc2Cl)c1-c1ccc(Cl)cc1.Cl. The first kappa shape index (κ1) is 24.9. The number of aromatic nitrogens is 2. The Bertz CT molecular complexity index is 1090. The second kappa shape index (κ2) is 10.9. The van der Waals surface area contributed by atoms with E-state index >= 15 is 0 Å². The van der Waals surface area contributed by atoms with Crippen molar-refractivity contribution in [2.45, 2.75) is 32.6 Å². The third-order valence-electron chi connectivity index (χ3n) is 5.44. The van der Waals surface area contributed by atoms with Crippen molar-refractivity contribution in [2.75, 3.05) is 13.1 Å². The number of halogens is 4. The van der Waals surface area contributed by atoms with Crippen molar-refractivity contribution in [2.24, 2.45) is 0 Å². The highest BCUT2D eigenvalue weighted by Gasteiger charge is 2.22. The number of hydrogen-bond donors (Lipinski definition) is 1. The molecule has 3 aromatic rings. The van der Waals surface area contributed by atoms with E-state index in [1.807, 2.05) is 42.3 Å². The monoisotopic (exact) mass is 512 g/mol. The maximum Gasteiger partial charge on any atom is 0.240 e. The van der Waals surface area contributed by atoms with Crippen LogP contribution >= 0.6 is 47.2 Å². The van der Waals surface area contributed by atoms with Crippen molar-refractivity contribution in [3.05, 3.63) is 68.8 Å². The smallest absolute Gasteiger partial charge is 0.240 e. The van der Waals surface area contributed by atoms with E-state index in [4.69, 9.17) is 39.9 Å². The Labute approximate surface area is 209 Å². The highest BCUT2D eigenvalue weighted by atomic mass is 35.5. The average Bonchev–Trinajstić information content (AvgIpc) is 3.05. The van der Waals surface area contributed by atoms with Crippen LogP contribution < -0.4 is 5.43 Å². The van der Waals surface area contributed by atoms with Gasteiger partial charge in [0.1, 0.15) is 0 Å². The fraction of sp³-hybridized carbons (Fsp3) is 0.304. The molecule has 1 aromatic heterocycles. The van der Waals surface area contributed by atoms with E-state index in [1.165, 1.54) is 6.42 Å². The van der Waals surface area contributed by atoms with Crippen LogP contribution in [0.15, 0.2) is 42.5 Å².